The molecule has 1 atom stereocenters. The summed E-state index contributed by atoms with van der Waals surface area (Å²) in [6.07, 6.45) is 2.06. The van der Waals surface area contributed by atoms with Crippen LogP contribution in [0.2, 0.25) is 5.02 Å². The van der Waals surface area contributed by atoms with Gasteiger partial charge in [-0.05, 0) is 43.5 Å². The molecule has 82 valence electrons. The average molecular weight is 225 g/mol. The smallest absolute Gasteiger partial charge is 0.0459 e. The maximum atomic E-state index is 6.21. The Morgan fingerprint density at radius 1 is 1.53 bits per heavy atom. The van der Waals surface area contributed by atoms with E-state index in [2.05, 4.69) is 24.9 Å². The number of nitrogens with zero attached hydrogens (tertiary/aromatic N) is 1. The fourth-order valence-electron chi connectivity index (χ4n) is 2.46. The monoisotopic (exact) mass is 224 g/mol. The molecule has 2 rings (SSSR count). The van der Waals surface area contributed by atoms with Gasteiger partial charge in [-0.1, -0.05) is 17.7 Å². The lowest BCUT2D eigenvalue weighted by Crippen LogP contribution is -2.30. The van der Waals surface area contributed by atoms with E-state index in [1.165, 1.54) is 16.8 Å². The first-order chi connectivity index (χ1) is 7.15. The Balaban J connectivity index is 2.40. The lowest BCUT2D eigenvalue weighted by atomic mass is 10.1. The highest BCUT2D eigenvalue weighted by Crippen LogP contribution is 2.39. The Hall–Kier alpha value is -0.730. The molecule has 2 N–H and O–H groups in total. The van der Waals surface area contributed by atoms with E-state index in [4.69, 9.17) is 17.3 Å². The summed E-state index contributed by atoms with van der Waals surface area (Å²) in [6, 6.07) is 4.60. The Bertz CT molecular complexity index is 376. The first-order valence-corrected chi connectivity index (χ1v) is 5.73. The van der Waals surface area contributed by atoms with Gasteiger partial charge < -0.3 is 10.6 Å². The van der Waals surface area contributed by atoms with Crippen LogP contribution >= 0.6 is 11.6 Å². The van der Waals surface area contributed by atoms with Crippen LogP contribution in [-0.4, -0.2) is 19.6 Å². The minimum absolute atomic E-state index is 0.517. The van der Waals surface area contributed by atoms with Crippen LogP contribution < -0.4 is 10.6 Å². The maximum absolute atomic E-state index is 6.21. The maximum Gasteiger partial charge on any atom is 0.0459 e. The van der Waals surface area contributed by atoms with Crippen molar-refractivity contribution >= 4 is 17.3 Å². The third-order valence-corrected chi connectivity index (χ3v) is 3.62. The SMILES string of the molecule is Cc1ccc(Cl)c2c1N(C)C(CCN)C2. The van der Waals surface area contributed by atoms with E-state index in [-0.39, 0.29) is 0 Å². The molecule has 0 aliphatic carbocycles. The molecule has 3 heteroatoms. The van der Waals surface area contributed by atoms with E-state index < -0.39 is 0 Å². The van der Waals surface area contributed by atoms with Crippen molar-refractivity contribution < 1.29 is 0 Å². The zero-order chi connectivity index (χ0) is 11.0. The molecule has 2 nitrogen and oxygen atoms in total. The minimum Gasteiger partial charge on any atom is -0.371 e. The Morgan fingerprint density at radius 2 is 2.27 bits per heavy atom. The third kappa shape index (κ3) is 1.72. The van der Waals surface area contributed by atoms with Crippen molar-refractivity contribution in [2.24, 2.45) is 5.73 Å². The summed E-state index contributed by atoms with van der Waals surface area (Å²) in [4.78, 5) is 2.32. The highest BCUT2D eigenvalue weighted by molar-refractivity contribution is 6.31. The highest BCUT2D eigenvalue weighted by Gasteiger charge is 2.28. The predicted molar refractivity (Wildman–Crippen MR) is 65.8 cm³/mol. The van der Waals surface area contributed by atoms with Crippen molar-refractivity contribution in [3.8, 4) is 0 Å². The highest BCUT2D eigenvalue weighted by atomic mass is 35.5. The van der Waals surface area contributed by atoms with Gasteiger partial charge in [-0.25, -0.2) is 0 Å². The van der Waals surface area contributed by atoms with Gasteiger partial charge >= 0.3 is 0 Å². The number of halogens is 1. The van der Waals surface area contributed by atoms with Crippen LogP contribution in [-0.2, 0) is 6.42 Å². The van der Waals surface area contributed by atoms with E-state index in [9.17, 15) is 0 Å². The van der Waals surface area contributed by atoms with Crippen molar-refractivity contribution in [3.05, 3.63) is 28.3 Å². The molecule has 1 aliphatic rings. The second kappa shape index (κ2) is 4.03. The van der Waals surface area contributed by atoms with Gasteiger partial charge in [-0.15, -0.1) is 0 Å². The van der Waals surface area contributed by atoms with Gasteiger partial charge in [0.15, 0.2) is 0 Å². The predicted octanol–water partition coefficient (Wildman–Crippen LogP) is 2.36. The second-order valence-corrected chi connectivity index (χ2v) is 4.64. The largest absolute Gasteiger partial charge is 0.371 e. The quantitative estimate of drug-likeness (QED) is 0.836. The molecule has 0 amide bonds. The molecule has 15 heavy (non-hydrogen) atoms. The van der Waals surface area contributed by atoms with Crippen molar-refractivity contribution in [1.29, 1.82) is 0 Å². The lowest BCUT2D eigenvalue weighted by Gasteiger charge is -2.23. The molecular weight excluding hydrogens is 208 g/mol. The van der Waals surface area contributed by atoms with Crippen LogP contribution in [0.5, 0.6) is 0 Å². The fraction of sp³-hybridized carbons (Fsp3) is 0.500. The van der Waals surface area contributed by atoms with Gasteiger partial charge in [0.25, 0.3) is 0 Å². The zero-order valence-electron chi connectivity index (χ0n) is 9.26. The molecular formula is C12H17ClN2. The van der Waals surface area contributed by atoms with Crippen molar-refractivity contribution in [2.75, 3.05) is 18.5 Å². The van der Waals surface area contributed by atoms with Gasteiger partial charge in [0.05, 0.1) is 0 Å². The first kappa shape index (κ1) is 10.8. The summed E-state index contributed by atoms with van der Waals surface area (Å²) in [5, 5.41) is 0.891. The van der Waals surface area contributed by atoms with Crippen LogP contribution in [0.4, 0.5) is 5.69 Å². The molecule has 0 saturated carbocycles. The first-order valence-electron chi connectivity index (χ1n) is 5.36. The molecule has 1 unspecified atom stereocenters. The third-order valence-electron chi connectivity index (χ3n) is 3.27. The molecule has 1 heterocycles. The van der Waals surface area contributed by atoms with E-state index in [1.807, 2.05) is 6.07 Å². The van der Waals surface area contributed by atoms with Crippen LogP contribution in [0.1, 0.15) is 17.5 Å². The Morgan fingerprint density at radius 3 is 2.87 bits per heavy atom. The van der Waals surface area contributed by atoms with Gasteiger partial charge in [0.1, 0.15) is 0 Å². The van der Waals surface area contributed by atoms with Crippen molar-refractivity contribution in [3.63, 3.8) is 0 Å². The molecule has 1 aliphatic heterocycles. The Labute approximate surface area is 96.0 Å². The number of benzene rings is 1. The number of aryl methyl sites for hydroxylation is 1. The summed E-state index contributed by atoms with van der Waals surface area (Å²) in [5.41, 5.74) is 9.52. The summed E-state index contributed by atoms with van der Waals surface area (Å²) in [7, 11) is 2.13. The van der Waals surface area contributed by atoms with E-state index in [0.717, 1.165) is 24.4 Å². The number of fused-ring (bicyclic) bond motifs is 1. The van der Waals surface area contributed by atoms with E-state index in [0.29, 0.717) is 6.04 Å². The van der Waals surface area contributed by atoms with Crippen LogP contribution in [0.25, 0.3) is 0 Å². The molecule has 0 saturated heterocycles. The fourth-order valence-corrected chi connectivity index (χ4v) is 2.69. The van der Waals surface area contributed by atoms with Crippen molar-refractivity contribution in [1.82, 2.24) is 0 Å². The van der Waals surface area contributed by atoms with E-state index in [1.54, 1.807) is 0 Å². The number of hydrogen-bond donors (Lipinski definition) is 1. The van der Waals surface area contributed by atoms with E-state index >= 15 is 0 Å². The normalized spacial score (nSPS) is 19.5. The van der Waals surface area contributed by atoms with Crippen LogP contribution in [0.15, 0.2) is 12.1 Å². The second-order valence-electron chi connectivity index (χ2n) is 4.24. The molecule has 0 spiro atoms. The number of likely N-dealkylation sites (N-methyl/N-ethyl adjacent to an activating group) is 1. The summed E-state index contributed by atoms with van der Waals surface area (Å²) >= 11 is 6.21. The van der Waals surface area contributed by atoms with Crippen molar-refractivity contribution in [2.45, 2.75) is 25.8 Å². The summed E-state index contributed by atoms with van der Waals surface area (Å²) in [5.74, 6) is 0. The summed E-state index contributed by atoms with van der Waals surface area (Å²) in [6.45, 7) is 2.87. The summed E-state index contributed by atoms with van der Waals surface area (Å²) < 4.78 is 0. The molecule has 0 aromatic heterocycles. The molecule has 0 fully saturated rings. The minimum atomic E-state index is 0.517. The van der Waals surface area contributed by atoms with Gasteiger partial charge in [0.2, 0.25) is 0 Å². The average Bonchev–Trinajstić information content (AvgIpc) is 2.53. The lowest BCUT2D eigenvalue weighted by molar-refractivity contribution is 0.616. The zero-order valence-corrected chi connectivity index (χ0v) is 10.0. The number of nitrogens with two attached hydrogens (primary N) is 1. The van der Waals surface area contributed by atoms with Gasteiger partial charge in [-0.2, -0.15) is 0 Å². The van der Waals surface area contributed by atoms with Crippen LogP contribution in [0, 0.1) is 6.92 Å². The van der Waals surface area contributed by atoms with Gasteiger partial charge in [0, 0.05) is 23.8 Å². The topological polar surface area (TPSA) is 29.3 Å². The molecule has 0 radical (unpaired) electrons. The Kier molecular flexibility index (Phi) is 2.89. The number of rotatable bonds is 2. The molecule has 0 bridgehead atoms. The number of hydrogen-bond acceptors (Lipinski definition) is 2. The van der Waals surface area contributed by atoms with Crippen LogP contribution in [0.3, 0.4) is 0 Å². The molecule has 1 aromatic rings. The standard InChI is InChI=1S/C12H17ClN2/c1-8-3-4-11(13)10-7-9(5-6-14)15(2)12(8)10/h3-4,9H,5-7,14H2,1-2H3. The molecule has 1 aromatic carbocycles. The van der Waals surface area contributed by atoms with Gasteiger partial charge in [-0.3, -0.25) is 0 Å². The number of anilines is 1.